The van der Waals surface area contributed by atoms with Gasteiger partial charge in [0, 0.05) is 37.7 Å². The lowest BCUT2D eigenvalue weighted by Gasteiger charge is -2.37. The number of rotatable bonds is 10. The molecule has 1 N–H and O–H groups in total. The fourth-order valence-corrected chi connectivity index (χ4v) is 5.34. The van der Waals surface area contributed by atoms with Crippen molar-refractivity contribution in [2.75, 3.05) is 13.2 Å². The number of imidazole rings is 1. The highest BCUT2D eigenvalue weighted by atomic mass is 19.1. The molecule has 5 heterocycles. The minimum Gasteiger partial charge on any atom is -0.483 e. The molecule has 2 fully saturated rings. The zero-order chi connectivity index (χ0) is 29.9. The van der Waals surface area contributed by atoms with E-state index >= 15 is 0 Å². The van der Waals surface area contributed by atoms with Crippen LogP contribution in [0, 0.1) is 17.1 Å². The van der Waals surface area contributed by atoms with E-state index in [0.717, 1.165) is 44.3 Å². The molecule has 4 aromatic rings. The van der Waals surface area contributed by atoms with Gasteiger partial charge in [0.15, 0.2) is 23.0 Å². The number of benzene rings is 1. The van der Waals surface area contributed by atoms with Crippen LogP contribution in [-0.4, -0.2) is 71.9 Å². The molecule has 2 aliphatic rings. The summed E-state index contributed by atoms with van der Waals surface area (Å²) in [7, 11) is 0. The summed E-state index contributed by atoms with van der Waals surface area (Å²) in [5.41, 5.74) is 1.56. The van der Waals surface area contributed by atoms with Gasteiger partial charge in [0.05, 0.1) is 41.9 Å². The van der Waals surface area contributed by atoms with Crippen LogP contribution in [0.4, 0.5) is 4.39 Å². The average molecular weight is 588 g/mol. The minimum absolute atomic E-state index is 0.0157. The Morgan fingerprint density at radius 2 is 2.09 bits per heavy atom. The molecule has 3 aromatic heterocycles. The molecule has 6 rings (SSSR count). The monoisotopic (exact) mass is 587 g/mol. The van der Waals surface area contributed by atoms with E-state index in [0.29, 0.717) is 36.0 Å². The maximum Gasteiger partial charge on any atom is 0.337 e. The molecule has 0 spiro atoms. The number of aromatic carboxylic acids is 1. The van der Waals surface area contributed by atoms with Gasteiger partial charge >= 0.3 is 5.97 Å². The predicted molar refractivity (Wildman–Crippen MR) is 150 cm³/mol. The number of pyridine rings is 1. The predicted octanol–water partition coefficient (Wildman–Crippen LogP) is 3.73. The van der Waals surface area contributed by atoms with Gasteiger partial charge < -0.3 is 23.9 Å². The fourth-order valence-electron chi connectivity index (χ4n) is 5.34. The molecule has 0 bridgehead atoms. The topological polar surface area (TPSA) is 149 Å². The second-order valence-corrected chi connectivity index (χ2v) is 10.7. The number of halogens is 1. The summed E-state index contributed by atoms with van der Waals surface area (Å²) in [6.45, 7) is 4.77. The van der Waals surface area contributed by atoms with E-state index in [1.165, 1.54) is 18.3 Å². The van der Waals surface area contributed by atoms with Crippen molar-refractivity contribution < 1.29 is 28.5 Å². The summed E-state index contributed by atoms with van der Waals surface area (Å²) >= 11 is 0. The number of hydrogen-bond donors (Lipinski definition) is 1. The Labute approximate surface area is 246 Å². The maximum absolute atomic E-state index is 14.1. The van der Waals surface area contributed by atoms with E-state index in [9.17, 15) is 14.3 Å². The van der Waals surface area contributed by atoms with E-state index in [1.807, 2.05) is 10.6 Å². The first-order chi connectivity index (χ1) is 20.9. The summed E-state index contributed by atoms with van der Waals surface area (Å²) in [4.78, 5) is 31.6. The van der Waals surface area contributed by atoms with Crippen molar-refractivity contribution in [3.63, 3.8) is 0 Å². The Kier molecular flexibility index (Phi) is 8.13. The molecule has 2 aliphatic heterocycles. The van der Waals surface area contributed by atoms with Crippen molar-refractivity contribution >= 4 is 17.1 Å². The Morgan fingerprint density at radius 3 is 2.81 bits per heavy atom. The molecule has 222 valence electrons. The minimum atomic E-state index is -1.03. The molecule has 43 heavy (non-hydrogen) atoms. The van der Waals surface area contributed by atoms with E-state index in [-0.39, 0.29) is 41.7 Å². The van der Waals surface area contributed by atoms with Gasteiger partial charge in [-0.1, -0.05) is 0 Å². The molecule has 0 radical (unpaired) electrons. The third kappa shape index (κ3) is 6.40. The Bertz CT molecular complexity index is 1690. The van der Waals surface area contributed by atoms with Crippen LogP contribution >= 0.6 is 0 Å². The normalized spacial score (nSPS) is 20.3. The van der Waals surface area contributed by atoms with Gasteiger partial charge in [-0.3, -0.25) is 4.90 Å². The molecule has 2 saturated heterocycles. The van der Waals surface area contributed by atoms with E-state index < -0.39 is 11.8 Å². The van der Waals surface area contributed by atoms with Crippen LogP contribution in [0.3, 0.4) is 0 Å². The summed E-state index contributed by atoms with van der Waals surface area (Å²) in [5.74, 6) is -0.0426. The Balaban J connectivity index is 1.09. The number of aromatic nitrogens is 5. The highest BCUT2D eigenvalue weighted by Gasteiger charge is 2.30. The number of likely N-dealkylation sites (tertiary alicyclic amines) is 1. The smallest absolute Gasteiger partial charge is 0.337 e. The summed E-state index contributed by atoms with van der Waals surface area (Å²) in [6.07, 6.45) is 5.42. The van der Waals surface area contributed by atoms with Gasteiger partial charge in [0.2, 0.25) is 5.88 Å². The first kappa shape index (κ1) is 28.4. The van der Waals surface area contributed by atoms with Gasteiger partial charge in [-0.05, 0) is 50.5 Å². The molecule has 12 nitrogen and oxygen atoms in total. The summed E-state index contributed by atoms with van der Waals surface area (Å²) < 4.78 is 33.6. The van der Waals surface area contributed by atoms with Crippen molar-refractivity contribution in [2.24, 2.45) is 0 Å². The number of hydrogen-bond acceptors (Lipinski definition) is 10. The van der Waals surface area contributed by atoms with Crippen LogP contribution in [0.25, 0.3) is 11.2 Å². The van der Waals surface area contributed by atoms with E-state index in [2.05, 4.69) is 26.8 Å². The second-order valence-electron chi connectivity index (χ2n) is 10.7. The fraction of sp³-hybridized carbons (Fsp3) is 0.400. The molecular weight excluding hydrogens is 557 g/mol. The van der Waals surface area contributed by atoms with Gasteiger partial charge in [0.1, 0.15) is 18.5 Å². The molecule has 13 heteroatoms. The first-order valence-corrected chi connectivity index (χ1v) is 14.1. The van der Waals surface area contributed by atoms with Gasteiger partial charge in [0.25, 0.3) is 0 Å². The first-order valence-electron chi connectivity index (χ1n) is 14.1. The molecule has 0 saturated carbocycles. The van der Waals surface area contributed by atoms with E-state index in [4.69, 9.17) is 24.5 Å². The zero-order valence-electron chi connectivity index (χ0n) is 23.5. The summed E-state index contributed by atoms with van der Waals surface area (Å²) in [6, 6.07) is 9.39. The average Bonchev–Trinajstić information content (AvgIpc) is 3.31. The molecule has 0 amide bonds. The second kappa shape index (κ2) is 12.3. The third-order valence-electron chi connectivity index (χ3n) is 7.81. The van der Waals surface area contributed by atoms with Crippen molar-refractivity contribution in [1.82, 2.24) is 29.4 Å². The van der Waals surface area contributed by atoms with Crippen LogP contribution in [0.1, 0.15) is 53.8 Å². The number of nitriles is 1. The largest absolute Gasteiger partial charge is 0.483 e. The van der Waals surface area contributed by atoms with Crippen molar-refractivity contribution in [3.8, 4) is 17.7 Å². The highest BCUT2D eigenvalue weighted by molar-refractivity contribution is 5.91. The van der Waals surface area contributed by atoms with Crippen LogP contribution < -0.4 is 9.47 Å². The lowest BCUT2D eigenvalue weighted by atomic mass is 10.0. The molecular formula is C30H30FN7O5. The van der Waals surface area contributed by atoms with Crippen molar-refractivity contribution in [2.45, 2.75) is 64.1 Å². The quantitative estimate of drug-likeness (QED) is 0.289. The zero-order valence-corrected chi connectivity index (χ0v) is 23.5. The molecule has 1 aromatic carbocycles. The highest BCUT2D eigenvalue weighted by Crippen LogP contribution is 2.26. The SMILES string of the molecule is CC1C[C@@H](Oc2ccnc(COc3ccc(C#N)cc3F)n2)CCN1Cc1nc2ncc(C(=O)O)cc2n1C[C@@H]1CCO1. The Morgan fingerprint density at radius 1 is 1.23 bits per heavy atom. The Hall–Kier alpha value is -4.67. The standard InChI is InChI=1S/C30H30FN7O5/c1-18-10-21(43-28-4-7-33-26(35-28)17-42-25-3-2-19(13-32)11-23(25)31)5-8-37(18)16-27-36-29-24(12-20(14-34-29)30(39)40)38(27)15-22-6-9-41-22/h2-4,7,11-12,14,18,21-22H,5-6,8-10,15-17H2,1H3,(H,39,40)/t18?,21-,22-/m0/s1. The van der Waals surface area contributed by atoms with Crippen LogP contribution in [0.15, 0.2) is 42.7 Å². The number of carboxylic acid groups (broad SMARTS) is 1. The van der Waals surface area contributed by atoms with Gasteiger partial charge in [-0.25, -0.2) is 24.1 Å². The van der Waals surface area contributed by atoms with Gasteiger partial charge in [-0.2, -0.15) is 10.2 Å². The van der Waals surface area contributed by atoms with Crippen LogP contribution in [0.5, 0.6) is 11.6 Å². The lowest BCUT2D eigenvalue weighted by Crippen LogP contribution is -2.44. The number of nitrogens with zero attached hydrogens (tertiary/aromatic N) is 7. The van der Waals surface area contributed by atoms with Crippen molar-refractivity contribution in [1.29, 1.82) is 5.26 Å². The van der Waals surface area contributed by atoms with E-state index in [1.54, 1.807) is 18.3 Å². The number of ether oxygens (including phenoxy) is 3. The maximum atomic E-state index is 14.1. The van der Waals surface area contributed by atoms with Crippen LogP contribution in [0.2, 0.25) is 0 Å². The number of piperidine rings is 1. The summed E-state index contributed by atoms with van der Waals surface area (Å²) in [5, 5.41) is 18.4. The number of carbonyl (C=O) groups is 1. The number of fused-ring (bicyclic) bond motifs is 1. The lowest BCUT2D eigenvalue weighted by molar-refractivity contribution is -0.0593. The number of carboxylic acids is 1. The van der Waals surface area contributed by atoms with Gasteiger partial charge in [-0.15, -0.1) is 0 Å². The van der Waals surface area contributed by atoms with Crippen LogP contribution in [-0.2, 0) is 24.4 Å². The van der Waals surface area contributed by atoms with Crippen molar-refractivity contribution in [3.05, 3.63) is 71.3 Å². The third-order valence-corrected chi connectivity index (χ3v) is 7.81. The molecule has 0 aliphatic carbocycles. The molecule has 3 atom stereocenters. The molecule has 1 unspecified atom stereocenters.